The van der Waals surface area contributed by atoms with E-state index in [0.717, 1.165) is 11.8 Å². The van der Waals surface area contributed by atoms with Crippen LogP contribution in [-0.4, -0.2) is 37.1 Å². The second kappa shape index (κ2) is 7.29. The van der Waals surface area contributed by atoms with E-state index in [1.54, 1.807) is 0 Å². The molecule has 1 N–H and O–H groups in total. The largest absolute Gasteiger partial charge is 0.316 e. The second-order valence-electron chi connectivity index (χ2n) is 5.69. The number of hydrogen-bond acceptors (Lipinski definition) is 2. The van der Waals surface area contributed by atoms with E-state index in [1.165, 1.54) is 45.4 Å². The lowest BCUT2D eigenvalue weighted by molar-refractivity contribution is 0.139. The fourth-order valence-electron chi connectivity index (χ4n) is 2.36. The van der Waals surface area contributed by atoms with Crippen molar-refractivity contribution in [3.8, 4) is 0 Å². The summed E-state index contributed by atoms with van der Waals surface area (Å²) < 4.78 is 0. The molecule has 0 aromatic heterocycles. The van der Waals surface area contributed by atoms with Gasteiger partial charge in [0.1, 0.15) is 0 Å². The van der Waals surface area contributed by atoms with Crippen LogP contribution in [0.15, 0.2) is 0 Å². The van der Waals surface area contributed by atoms with Crippen molar-refractivity contribution in [2.45, 2.75) is 53.0 Å². The molecule has 0 spiro atoms. The van der Waals surface area contributed by atoms with E-state index in [9.17, 15) is 0 Å². The fraction of sp³-hybridized carbons (Fsp3) is 1.00. The van der Waals surface area contributed by atoms with Crippen LogP contribution in [0.4, 0.5) is 0 Å². The molecular formula is C14H30N2. The minimum atomic E-state index is 0.701. The SMILES string of the molecule is CCCCCN(CC(C)C1CNC1)C(C)C. The van der Waals surface area contributed by atoms with E-state index in [1.807, 2.05) is 0 Å². The van der Waals surface area contributed by atoms with Gasteiger partial charge in [-0.05, 0) is 51.7 Å². The minimum Gasteiger partial charge on any atom is -0.316 e. The molecule has 1 aliphatic heterocycles. The Hall–Kier alpha value is -0.0800. The summed E-state index contributed by atoms with van der Waals surface area (Å²) in [7, 11) is 0. The number of nitrogens with one attached hydrogen (secondary N) is 1. The van der Waals surface area contributed by atoms with Gasteiger partial charge in [-0.2, -0.15) is 0 Å². The van der Waals surface area contributed by atoms with Gasteiger partial charge in [-0.1, -0.05) is 26.7 Å². The van der Waals surface area contributed by atoms with Crippen LogP contribution in [-0.2, 0) is 0 Å². The van der Waals surface area contributed by atoms with E-state index in [-0.39, 0.29) is 0 Å². The first kappa shape index (κ1) is 14.0. The van der Waals surface area contributed by atoms with Crippen molar-refractivity contribution < 1.29 is 0 Å². The highest BCUT2D eigenvalue weighted by Crippen LogP contribution is 2.18. The van der Waals surface area contributed by atoms with E-state index < -0.39 is 0 Å². The fourth-order valence-corrected chi connectivity index (χ4v) is 2.36. The highest BCUT2D eigenvalue weighted by atomic mass is 15.1. The van der Waals surface area contributed by atoms with Crippen molar-refractivity contribution in [2.24, 2.45) is 11.8 Å². The van der Waals surface area contributed by atoms with Gasteiger partial charge in [-0.3, -0.25) is 0 Å². The van der Waals surface area contributed by atoms with Gasteiger partial charge in [0, 0.05) is 12.6 Å². The molecule has 0 aromatic carbocycles. The van der Waals surface area contributed by atoms with Crippen LogP contribution in [0.1, 0.15) is 47.0 Å². The maximum Gasteiger partial charge on any atom is 0.00387 e. The zero-order valence-electron chi connectivity index (χ0n) is 11.6. The number of hydrogen-bond donors (Lipinski definition) is 1. The predicted molar refractivity (Wildman–Crippen MR) is 71.8 cm³/mol. The van der Waals surface area contributed by atoms with Crippen LogP contribution >= 0.6 is 0 Å². The van der Waals surface area contributed by atoms with Crippen LogP contribution < -0.4 is 5.32 Å². The van der Waals surface area contributed by atoms with E-state index >= 15 is 0 Å². The summed E-state index contributed by atoms with van der Waals surface area (Å²) in [6.45, 7) is 14.4. The van der Waals surface area contributed by atoms with Crippen LogP contribution in [0, 0.1) is 11.8 Å². The third-order valence-corrected chi connectivity index (χ3v) is 3.92. The average Bonchev–Trinajstić information content (AvgIpc) is 2.13. The molecule has 0 saturated carbocycles. The zero-order chi connectivity index (χ0) is 12.0. The molecule has 0 amide bonds. The summed E-state index contributed by atoms with van der Waals surface area (Å²) in [4.78, 5) is 2.67. The van der Waals surface area contributed by atoms with Gasteiger partial charge in [0.2, 0.25) is 0 Å². The minimum absolute atomic E-state index is 0.701. The standard InChI is InChI=1S/C14H30N2/c1-5-6-7-8-16(12(2)3)11-13(4)14-9-15-10-14/h12-15H,5-11H2,1-4H3. The molecule has 0 aromatic rings. The Balaban J connectivity index is 2.25. The van der Waals surface area contributed by atoms with Crippen LogP contribution in [0.5, 0.6) is 0 Å². The quantitative estimate of drug-likeness (QED) is 0.640. The van der Waals surface area contributed by atoms with Gasteiger partial charge in [-0.15, -0.1) is 0 Å². The molecule has 1 aliphatic rings. The van der Waals surface area contributed by atoms with Crippen LogP contribution in [0.3, 0.4) is 0 Å². The molecule has 1 atom stereocenters. The maximum atomic E-state index is 3.38. The average molecular weight is 226 g/mol. The molecular weight excluding hydrogens is 196 g/mol. The van der Waals surface area contributed by atoms with Crippen molar-refractivity contribution >= 4 is 0 Å². The van der Waals surface area contributed by atoms with Gasteiger partial charge >= 0.3 is 0 Å². The summed E-state index contributed by atoms with van der Waals surface area (Å²) in [5.41, 5.74) is 0. The van der Waals surface area contributed by atoms with Gasteiger partial charge in [0.15, 0.2) is 0 Å². The van der Waals surface area contributed by atoms with Crippen molar-refractivity contribution in [1.82, 2.24) is 10.2 Å². The van der Waals surface area contributed by atoms with Crippen molar-refractivity contribution in [3.63, 3.8) is 0 Å². The highest BCUT2D eigenvalue weighted by molar-refractivity contribution is 4.81. The topological polar surface area (TPSA) is 15.3 Å². The van der Waals surface area contributed by atoms with E-state index in [2.05, 4.69) is 37.9 Å². The Morgan fingerprint density at radius 1 is 1.19 bits per heavy atom. The number of unbranched alkanes of at least 4 members (excludes halogenated alkanes) is 2. The first-order valence-corrected chi connectivity index (χ1v) is 7.09. The molecule has 2 nitrogen and oxygen atoms in total. The number of rotatable bonds is 8. The monoisotopic (exact) mass is 226 g/mol. The molecule has 1 rings (SSSR count). The highest BCUT2D eigenvalue weighted by Gasteiger charge is 2.25. The van der Waals surface area contributed by atoms with Crippen LogP contribution in [0.2, 0.25) is 0 Å². The van der Waals surface area contributed by atoms with Crippen molar-refractivity contribution in [3.05, 3.63) is 0 Å². The van der Waals surface area contributed by atoms with Crippen LogP contribution in [0.25, 0.3) is 0 Å². The molecule has 1 saturated heterocycles. The summed E-state index contributed by atoms with van der Waals surface area (Å²) in [6, 6.07) is 0.701. The maximum absolute atomic E-state index is 3.38. The third kappa shape index (κ3) is 4.42. The predicted octanol–water partition coefficient (Wildman–Crippen LogP) is 2.74. The third-order valence-electron chi connectivity index (χ3n) is 3.92. The normalized spacial score (nSPS) is 19.1. The Kier molecular flexibility index (Phi) is 6.37. The Labute approximate surface area is 102 Å². The molecule has 16 heavy (non-hydrogen) atoms. The number of nitrogens with zero attached hydrogens (tertiary/aromatic N) is 1. The molecule has 1 unspecified atom stereocenters. The van der Waals surface area contributed by atoms with Crippen molar-refractivity contribution in [1.29, 1.82) is 0 Å². The summed E-state index contributed by atoms with van der Waals surface area (Å²) >= 11 is 0. The second-order valence-corrected chi connectivity index (χ2v) is 5.69. The first-order chi connectivity index (χ1) is 7.65. The lowest BCUT2D eigenvalue weighted by atomic mass is 9.88. The van der Waals surface area contributed by atoms with Gasteiger partial charge in [0.25, 0.3) is 0 Å². The zero-order valence-corrected chi connectivity index (χ0v) is 11.6. The molecule has 2 heteroatoms. The lowest BCUT2D eigenvalue weighted by Crippen LogP contribution is -2.49. The van der Waals surface area contributed by atoms with Crippen molar-refractivity contribution in [2.75, 3.05) is 26.2 Å². The van der Waals surface area contributed by atoms with Gasteiger partial charge in [-0.25, -0.2) is 0 Å². The Morgan fingerprint density at radius 3 is 2.31 bits per heavy atom. The molecule has 0 radical (unpaired) electrons. The van der Waals surface area contributed by atoms with Gasteiger partial charge < -0.3 is 10.2 Å². The molecule has 1 heterocycles. The Morgan fingerprint density at radius 2 is 1.88 bits per heavy atom. The van der Waals surface area contributed by atoms with E-state index in [4.69, 9.17) is 0 Å². The summed E-state index contributed by atoms with van der Waals surface area (Å²) in [6.07, 6.45) is 4.07. The molecule has 0 aliphatic carbocycles. The Bertz CT molecular complexity index is 176. The first-order valence-electron chi connectivity index (χ1n) is 7.09. The van der Waals surface area contributed by atoms with E-state index in [0.29, 0.717) is 6.04 Å². The molecule has 0 bridgehead atoms. The molecule has 1 fully saturated rings. The summed E-state index contributed by atoms with van der Waals surface area (Å²) in [5, 5.41) is 3.38. The van der Waals surface area contributed by atoms with Gasteiger partial charge in [0.05, 0.1) is 0 Å². The summed E-state index contributed by atoms with van der Waals surface area (Å²) in [5.74, 6) is 1.78. The smallest absolute Gasteiger partial charge is 0.00387 e. The molecule has 96 valence electrons. The lowest BCUT2D eigenvalue weighted by Gasteiger charge is -2.37.